The number of rotatable bonds is 8. The number of anilines is 1. The first-order valence-corrected chi connectivity index (χ1v) is 12.4. The van der Waals surface area contributed by atoms with Crippen molar-refractivity contribution >= 4 is 33.7 Å². The van der Waals surface area contributed by atoms with E-state index in [9.17, 15) is 22.8 Å². The largest absolute Gasteiger partial charge is 0.487 e. The van der Waals surface area contributed by atoms with Gasteiger partial charge in [-0.25, -0.2) is 13.8 Å². The van der Waals surface area contributed by atoms with E-state index in [0.717, 1.165) is 9.87 Å². The van der Waals surface area contributed by atoms with Crippen molar-refractivity contribution in [2.24, 2.45) is 0 Å². The average Bonchev–Trinajstić information content (AvgIpc) is 3.02. The van der Waals surface area contributed by atoms with Crippen molar-refractivity contribution in [1.82, 2.24) is 10.0 Å². The van der Waals surface area contributed by atoms with Crippen LogP contribution in [-0.2, 0) is 42.4 Å². The second-order valence-electron chi connectivity index (χ2n) is 9.10. The van der Waals surface area contributed by atoms with Crippen LogP contribution in [0.4, 0.5) is 5.69 Å². The molecule has 2 amide bonds. The van der Waals surface area contributed by atoms with Gasteiger partial charge in [-0.15, -0.1) is 0 Å². The topological polar surface area (TPSA) is 131 Å². The molecule has 1 atom stereocenters. The fraction of sp³-hybridized carbons (Fsp3) is 0.375. The summed E-state index contributed by atoms with van der Waals surface area (Å²) in [5.74, 6) is -1.44. The Labute approximate surface area is 204 Å². The van der Waals surface area contributed by atoms with E-state index >= 15 is 0 Å². The first kappa shape index (κ1) is 26.0. The lowest BCUT2D eigenvalue weighted by molar-refractivity contribution is -0.158. The molecule has 3 rings (SSSR count). The van der Waals surface area contributed by atoms with Crippen molar-refractivity contribution in [2.75, 3.05) is 10.8 Å². The SMILES string of the molecule is CC(=O)NC(Cc1ccc(N2CC(=O)NS2(=O)=O)c(OCc2ccccc2)c1)C(=O)OC(C)(C)C. The van der Waals surface area contributed by atoms with Gasteiger partial charge in [-0.05, 0) is 44.0 Å². The van der Waals surface area contributed by atoms with Crippen molar-refractivity contribution in [3.63, 3.8) is 0 Å². The van der Waals surface area contributed by atoms with E-state index in [1.54, 1.807) is 32.9 Å². The molecule has 188 valence electrons. The standard InChI is InChI=1S/C24H29N3O7S/c1-16(28)25-19(23(30)34-24(2,3)4)12-18-10-11-20(27-14-22(29)26-35(27,31)32)21(13-18)33-15-17-8-6-5-7-9-17/h5-11,13,19H,12,14-15H2,1-4H3,(H,25,28)(H,26,29). The lowest BCUT2D eigenvalue weighted by Gasteiger charge is -2.25. The summed E-state index contributed by atoms with van der Waals surface area (Å²) in [5.41, 5.74) is 0.881. The van der Waals surface area contributed by atoms with E-state index in [2.05, 4.69) is 5.32 Å². The van der Waals surface area contributed by atoms with Gasteiger partial charge in [-0.2, -0.15) is 8.42 Å². The Morgan fingerprint density at radius 3 is 2.37 bits per heavy atom. The zero-order valence-corrected chi connectivity index (χ0v) is 20.8. The van der Waals surface area contributed by atoms with Crippen LogP contribution in [0.5, 0.6) is 5.75 Å². The number of nitrogens with one attached hydrogen (secondary N) is 2. The summed E-state index contributed by atoms with van der Waals surface area (Å²) in [6.07, 6.45) is 0.0837. The highest BCUT2D eigenvalue weighted by Crippen LogP contribution is 2.33. The quantitative estimate of drug-likeness (QED) is 0.526. The molecule has 1 aliphatic rings. The molecule has 0 radical (unpaired) electrons. The number of hydrogen-bond acceptors (Lipinski definition) is 7. The van der Waals surface area contributed by atoms with Crippen molar-refractivity contribution in [3.05, 3.63) is 59.7 Å². The van der Waals surface area contributed by atoms with Crippen molar-refractivity contribution < 1.29 is 32.3 Å². The zero-order chi connectivity index (χ0) is 25.8. The van der Waals surface area contributed by atoms with Gasteiger partial charge < -0.3 is 14.8 Å². The number of nitrogens with zero attached hydrogens (tertiary/aromatic N) is 1. The third-order valence-electron chi connectivity index (χ3n) is 4.86. The second-order valence-corrected chi connectivity index (χ2v) is 10.7. The molecule has 11 heteroatoms. The van der Waals surface area contributed by atoms with Gasteiger partial charge in [0.25, 0.3) is 5.91 Å². The Morgan fingerprint density at radius 2 is 1.80 bits per heavy atom. The Kier molecular flexibility index (Phi) is 7.69. The molecular formula is C24H29N3O7S. The average molecular weight is 504 g/mol. The summed E-state index contributed by atoms with van der Waals surface area (Å²) < 4.78 is 39.1. The van der Waals surface area contributed by atoms with Crippen LogP contribution in [0.2, 0.25) is 0 Å². The highest BCUT2D eigenvalue weighted by atomic mass is 32.2. The molecule has 1 aliphatic heterocycles. The Bertz CT molecular complexity index is 1210. The van der Waals surface area contributed by atoms with E-state index in [1.165, 1.54) is 13.0 Å². The van der Waals surface area contributed by atoms with Gasteiger partial charge in [-0.1, -0.05) is 36.4 Å². The van der Waals surface area contributed by atoms with Crippen LogP contribution >= 0.6 is 0 Å². The summed E-state index contributed by atoms with van der Waals surface area (Å²) in [6, 6.07) is 13.0. The van der Waals surface area contributed by atoms with Crippen LogP contribution < -0.4 is 19.1 Å². The lowest BCUT2D eigenvalue weighted by atomic mass is 10.0. The molecule has 2 aromatic rings. The van der Waals surface area contributed by atoms with Crippen LogP contribution in [-0.4, -0.2) is 44.4 Å². The van der Waals surface area contributed by atoms with Gasteiger partial charge in [0.15, 0.2) is 0 Å². The lowest BCUT2D eigenvalue weighted by Crippen LogP contribution is -2.44. The Hall–Kier alpha value is -3.60. The predicted molar refractivity (Wildman–Crippen MR) is 129 cm³/mol. The van der Waals surface area contributed by atoms with Crippen LogP contribution in [0, 0.1) is 0 Å². The summed E-state index contributed by atoms with van der Waals surface area (Å²) >= 11 is 0. The van der Waals surface area contributed by atoms with E-state index in [1.807, 2.05) is 35.1 Å². The summed E-state index contributed by atoms with van der Waals surface area (Å²) in [7, 11) is -4.06. The smallest absolute Gasteiger partial charge is 0.329 e. The molecule has 1 saturated heterocycles. The molecule has 2 aromatic carbocycles. The minimum Gasteiger partial charge on any atom is -0.487 e. The summed E-state index contributed by atoms with van der Waals surface area (Å²) in [5, 5.41) is 2.60. The fourth-order valence-corrected chi connectivity index (χ4v) is 4.61. The highest BCUT2D eigenvalue weighted by molar-refractivity contribution is 7.92. The number of hydrogen-bond donors (Lipinski definition) is 2. The van der Waals surface area contributed by atoms with Gasteiger partial charge in [0.1, 0.15) is 30.5 Å². The molecule has 0 aliphatic carbocycles. The molecule has 35 heavy (non-hydrogen) atoms. The van der Waals surface area contributed by atoms with Gasteiger partial charge >= 0.3 is 16.2 Å². The van der Waals surface area contributed by atoms with Gasteiger partial charge in [0, 0.05) is 13.3 Å². The molecular weight excluding hydrogens is 474 g/mol. The maximum Gasteiger partial charge on any atom is 0.329 e. The maximum absolute atomic E-state index is 12.7. The number of ether oxygens (including phenoxy) is 2. The first-order chi connectivity index (χ1) is 16.3. The number of carbonyl (C=O) groups is 3. The Morgan fingerprint density at radius 1 is 1.11 bits per heavy atom. The molecule has 1 unspecified atom stereocenters. The van der Waals surface area contributed by atoms with E-state index in [4.69, 9.17) is 9.47 Å². The molecule has 10 nitrogen and oxygen atoms in total. The molecule has 1 fully saturated rings. The number of amides is 2. The molecule has 0 saturated carbocycles. The van der Waals surface area contributed by atoms with Crippen LogP contribution in [0.25, 0.3) is 0 Å². The monoisotopic (exact) mass is 503 g/mol. The van der Waals surface area contributed by atoms with E-state index in [0.29, 0.717) is 5.56 Å². The molecule has 1 heterocycles. The summed E-state index contributed by atoms with van der Waals surface area (Å²) in [4.78, 5) is 36.2. The summed E-state index contributed by atoms with van der Waals surface area (Å²) in [6.45, 7) is 6.25. The van der Waals surface area contributed by atoms with Gasteiger partial charge in [0.05, 0.1) is 5.69 Å². The second kappa shape index (κ2) is 10.3. The van der Waals surface area contributed by atoms with E-state index < -0.39 is 39.6 Å². The molecule has 0 spiro atoms. The molecule has 2 N–H and O–H groups in total. The molecule has 0 bridgehead atoms. The van der Waals surface area contributed by atoms with Crippen LogP contribution in [0.15, 0.2) is 48.5 Å². The minimum atomic E-state index is -4.06. The van der Waals surface area contributed by atoms with E-state index in [-0.39, 0.29) is 31.0 Å². The van der Waals surface area contributed by atoms with Gasteiger partial charge in [0.2, 0.25) is 5.91 Å². The van der Waals surface area contributed by atoms with Crippen molar-refractivity contribution in [1.29, 1.82) is 0 Å². The minimum absolute atomic E-state index is 0.0837. The first-order valence-electron chi connectivity index (χ1n) is 11.0. The number of carbonyl (C=O) groups excluding carboxylic acids is 3. The predicted octanol–water partition coefficient (Wildman–Crippen LogP) is 1.84. The number of esters is 1. The third kappa shape index (κ3) is 7.19. The van der Waals surface area contributed by atoms with Gasteiger partial charge in [-0.3, -0.25) is 9.59 Å². The van der Waals surface area contributed by atoms with Crippen molar-refractivity contribution in [3.8, 4) is 5.75 Å². The van der Waals surface area contributed by atoms with Crippen LogP contribution in [0.3, 0.4) is 0 Å². The highest BCUT2D eigenvalue weighted by Gasteiger charge is 2.36. The third-order valence-corrected chi connectivity index (χ3v) is 6.25. The van der Waals surface area contributed by atoms with Crippen LogP contribution in [0.1, 0.15) is 38.8 Å². The zero-order valence-electron chi connectivity index (χ0n) is 20.0. The fourth-order valence-electron chi connectivity index (χ4n) is 3.45. The van der Waals surface area contributed by atoms with Crippen molar-refractivity contribution in [2.45, 2.75) is 52.4 Å². The molecule has 0 aromatic heterocycles. The Balaban J connectivity index is 1.93. The normalized spacial score (nSPS) is 15.8. The number of benzene rings is 2. The maximum atomic E-state index is 12.7.